The Balaban J connectivity index is 1.51. The first-order valence-electron chi connectivity index (χ1n) is 7.23. The van der Waals surface area contributed by atoms with Gasteiger partial charge in [0.25, 0.3) is 0 Å². The molecule has 0 fully saturated rings. The van der Waals surface area contributed by atoms with Crippen LogP contribution < -0.4 is 10.2 Å². The van der Waals surface area contributed by atoms with Crippen LogP contribution in [0.3, 0.4) is 0 Å². The summed E-state index contributed by atoms with van der Waals surface area (Å²) in [4.78, 5) is 25.7. The highest BCUT2D eigenvalue weighted by molar-refractivity contribution is 5.99. The van der Waals surface area contributed by atoms with Crippen molar-refractivity contribution < 1.29 is 4.79 Å². The molecule has 4 rings (SSSR count). The Hall–Kier alpha value is -2.89. The Kier molecular flexibility index (Phi) is 3.00. The molecule has 1 aromatic carbocycles. The fourth-order valence-electron chi connectivity index (χ4n) is 2.87. The average molecular weight is 293 g/mol. The summed E-state index contributed by atoms with van der Waals surface area (Å²) in [7, 11) is 0. The van der Waals surface area contributed by atoms with Gasteiger partial charge in [0.15, 0.2) is 0 Å². The number of aromatic nitrogens is 3. The zero-order chi connectivity index (χ0) is 14.9. The second-order valence-electron chi connectivity index (χ2n) is 5.24. The highest BCUT2D eigenvalue weighted by Crippen LogP contribution is 2.27. The number of para-hydroxylation sites is 1. The third-order valence-electron chi connectivity index (χ3n) is 3.95. The summed E-state index contributed by atoms with van der Waals surface area (Å²) in [5.74, 6) is 0.722. The first-order valence-corrected chi connectivity index (χ1v) is 7.23. The predicted molar refractivity (Wildman–Crippen MR) is 84.9 cm³/mol. The largest absolute Gasteiger partial charge is 0.360 e. The van der Waals surface area contributed by atoms with E-state index in [1.54, 1.807) is 0 Å². The second kappa shape index (κ2) is 5.14. The average Bonchev–Trinajstić information content (AvgIpc) is 3.19. The Labute approximate surface area is 127 Å². The van der Waals surface area contributed by atoms with Crippen LogP contribution in [-0.2, 0) is 11.2 Å². The van der Waals surface area contributed by atoms with E-state index in [0.29, 0.717) is 5.82 Å². The van der Waals surface area contributed by atoms with E-state index < -0.39 is 0 Å². The number of nitrogens with one attached hydrogen (secondary N) is 2. The number of hydrogen-bond acceptors (Lipinski definition) is 4. The molecule has 6 heteroatoms. The van der Waals surface area contributed by atoms with E-state index in [4.69, 9.17) is 0 Å². The Morgan fingerprint density at radius 2 is 2.18 bits per heavy atom. The van der Waals surface area contributed by atoms with E-state index in [0.717, 1.165) is 29.7 Å². The van der Waals surface area contributed by atoms with E-state index in [-0.39, 0.29) is 12.5 Å². The van der Waals surface area contributed by atoms with Gasteiger partial charge in [-0.1, -0.05) is 18.2 Å². The number of H-pyrrole nitrogens is 1. The van der Waals surface area contributed by atoms with Crippen LogP contribution >= 0.6 is 0 Å². The number of carbonyl (C=O) groups excluding carboxylic acids is 1. The molecule has 2 N–H and O–H groups in total. The molecule has 0 radical (unpaired) electrons. The number of hydrogen-bond donors (Lipinski definition) is 2. The summed E-state index contributed by atoms with van der Waals surface area (Å²) in [5, 5.41) is 4.01. The SMILES string of the molecule is O=C(CNc1ncnc2[nH]ccc12)N1CCc2ccccc21. The Morgan fingerprint density at radius 3 is 3.14 bits per heavy atom. The molecule has 0 saturated carbocycles. The summed E-state index contributed by atoms with van der Waals surface area (Å²) in [6.07, 6.45) is 4.21. The van der Waals surface area contributed by atoms with E-state index in [1.165, 1.54) is 11.9 Å². The van der Waals surface area contributed by atoms with Gasteiger partial charge in [0.1, 0.15) is 17.8 Å². The van der Waals surface area contributed by atoms with Gasteiger partial charge in [-0.25, -0.2) is 9.97 Å². The highest BCUT2D eigenvalue weighted by atomic mass is 16.2. The molecule has 6 nitrogen and oxygen atoms in total. The molecule has 22 heavy (non-hydrogen) atoms. The monoisotopic (exact) mass is 293 g/mol. The van der Waals surface area contributed by atoms with Crippen molar-refractivity contribution in [2.45, 2.75) is 6.42 Å². The third kappa shape index (κ3) is 2.09. The van der Waals surface area contributed by atoms with Crippen LogP contribution in [0.4, 0.5) is 11.5 Å². The molecule has 0 saturated heterocycles. The second-order valence-corrected chi connectivity index (χ2v) is 5.24. The lowest BCUT2D eigenvalue weighted by Crippen LogP contribution is -2.34. The highest BCUT2D eigenvalue weighted by Gasteiger charge is 2.23. The molecule has 1 amide bonds. The third-order valence-corrected chi connectivity index (χ3v) is 3.95. The first kappa shape index (κ1) is 12.8. The van der Waals surface area contributed by atoms with E-state index >= 15 is 0 Å². The predicted octanol–water partition coefficient (Wildman–Crippen LogP) is 1.96. The van der Waals surface area contributed by atoms with Gasteiger partial charge in [-0.2, -0.15) is 0 Å². The molecule has 0 bridgehead atoms. The summed E-state index contributed by atoms with van der Waals surface area (Å²) in [6.45, 7) is 0.953. The number of amides is 1. The number of fused-ring (bicyclic) bond motifs is 2. The zero-order valence-corrected chi connectivity index (χ0v) is 11.9. The van der Waals surface area contributed by atoms with Crippen LogP contribution in [0.25, 0.3) is 11.0 Å². The van der Waals surface area contributed by atoms with Crippen LogP contribution in [-0.4, -0.2) is 33.9 Å². The van der Waals surface area contributed by atoms with Gasteiger partial charge in [0.05, 0.1) is 11.9 Å². The van der Waals surface area contributed by atoms with Gasteiger partial charge >= 0.3 is 0 Å². The molecule has 0 unspecified atom stereocenters. The van der Waals surface area contributed by atoms with Crippen LogP contribution in [0.5, 0.6) is 0 Å². The maximum absolute atomic E-state index is 12.5. The van der Waals surface area contributed by atoms with Crippen molar-refractivity contribution in [2.75, 3.05) is 23.3 Å². The number of benzene rings is 1. The molecular formula is C16H15N5O. The quantitative estimate of drug-likeness (QED) is 0.774. The summed E-state index contributed by atoms with van der Waals surface area (Å²) < 4.78 is 0. The topological polar surface area (TPSA) is 73.9 Å². The van der Waals surface area contributed by atoms with Crippen molar-refractivity contribution in [1.82, 2.24) is 15.0 Å². The van der Waals surface area contributed by atoms with Gasteiger partial charge in [-0.3, -0.25) is 4.79 Å². The van der Waals surface area contributed by atoms with Gasteiger partial charge in [-0.05, 0) is 24.1 Å². The number of aromatic amines is 1. The minimum absolute atomic E-state index is 0.0484. The maximum Gasteiger partial charge on any atom is 0.246 e. The minimum atomic E-state index is 0.0484. The molecule has 3 aromatic rings. The van der Waals surface area contributed by atoms with Gasteiger partial charge in [0, 0.05) is 18.4 Å². The number of nitrogens with zero attached hydrogens (tertiary/aromatic N) is 3. The molecule has 0 atom stereocenters. The number of carbonyl (C=O) groups is 1. The number of anilines is 2. The lowest BCUT2D eigenvalue weighted by atomic mass is 10.2. The maximum atomic E-state index is 12.5. The lowest BCUT2D eigenvalue weighted by Gasteiger charge is -2.17. The summed E-state index contributed by atoms with van der Waals surface area (Å²) in [5.41, 5.74) is 3.01. The molecular weight excluding hydrogens is 278 g/mol. The lowest BCUT2D eigenvalue weighted by molar-refractivity contribution is -0.116. The molecule has 0 aliphatic carbocycles. The fraction of sp³-hybridized carbons (Fsp3) is 0.188. The van der Waals surface area contributed by atoms with Crippen molar-refractivity contribution in [1.29, 1.82) is 0 Å². The van der Waals surface area contributed by atoms with Gasteiger partial charge < -0.3 is 15.2 Å². The molecule has 2 aromatic heterocycles. The smallest absolute Gasteiger partial charge is 0.246 e. The zero-order valence-electron chi connectivity index (χ0n) is 11.9. The van der Waals surface area contributed by atoms with E-state index in [1.807, 2.05) is 35.4 Å². The van der Waals surface area contributed by atoms with Crippen molar-refractivity contribution >= 4 is 28.4 Å². The Morgan fingerprint density at radius 1 is 1.27 bits per heavy atom. The summed E-state index contributed by atoms with van der Waals surface area (Å²) in [6, 6.07) is 9.94. The van der Waals surface area contributed by atoms with Crippen molar-refractivity contribution in [3.8, 4) is 0 Å². The van der Waals surface area contributed by atoms with Gasteiger partial charge in [-0.15, -0.1) is 0 Å². The minimum Gasteiger partial charge on any atom is -0.360 e. The molecule has 1 aliphatic heterocycles. The van der Waals surface area contributed by atoms with Crippen molar-refractivity contribution in [3.05, 3.63) is 48.4 Å². The summed E-state index contributed by atoms with van der Waals surface area (Å²) >= 11 is 0. The van der Waals surface area contributed by atoms with Crippen molar-refractivity contribution in [2.24, 2.45) is 0 Å². The van der Waals surface area contributed by atoms with Crippen LogP contribution in [0.2, 0.25) is 0 Å². The fourth-order valence-corrected chi connectivity index (χ4v) is 2.87. The van der Waals surface area contributed by atoms with E-state index in [9.17, 15) is 4.79 Å². The first-order chi connectivity index (χ1) is 10.8. The van der Waals surface area contributed by atoms with Crippen LogP contribution in [0.15, 0.2) is 42.9 Å². The normalized spacial score (nSPS) is 13.4. The molecule has 3 heterocycles. The standard InChI is InChI=1S/C16H15N5O/c22-14(21-8-6-11-3-1-2-4-13(11)21)9-18-16-12-5-7-17-15(12)19-10-20-16/h1-5,7,10H,6,8-9H2,(H2,17,18,19,20). The van der Waals surface area contributed by atoms with Crippen LogP contribution in [0, 0.1) is 0 Å². The van der Waals surface area contributed by atoms with Gasteiger partial charge in [0.2, 0.25) is 5.91 Å². The van der Waals surface area contributed by atoms with Crippen LogP contribution in [0.1, 0.15) is 5.56 Å². The van der Waals surface area contributed by atoms with E-state index in [2.05, 4.69) is 26.3 Å². The molecule has 1 aliphatic rings. The van der Waals surface area contributed by atoms with Crippen molar-refractivity contribution in [3.63, 3.8) is 0 Å². The molecule has 110 valence electrons. The molecule has 0 spiro atoms. The number of rotatable bonds is 3. The Bertz CT molecular complexity index is 841.